The molecule has 1 fully saturated rings. The average Bonchev–Trinajstić information content (AvgIpc) is 3.65. The number of carbonyl (C=O) groups is 10. The second-order valence-corrected chi connectivity index (χ2v) is 25.0. The third-order valence-electron chi connectivity index (χ3n) is 16.6. The number of rotatable bonds is 20. The summed E-state index contributed by atoms with van der Waals surface area (Å²) in [5.41, 5.74) is 0.730. The molecule has 1 heterocycles. The van der Waals surface area contributed by atoms with Crippen LogP contribution in [0.2, 0.25) is 0 Å². The molecule has 1 aliphatic rings. The third-order valence-corrected chi connectivity index (χ3v) is 16.6. The molecule has 22 heteroatoms. The van der Waals surface area contributed by atoms with E-state index in [-0.39, 0.29) is 56.4 Å². The molecule has 1 aliphatic heterocycles. The molecular weight excluding hydrogens is 1080 g/mol. The lowest BCUT2D eigenvalue weighted by molar-refractivity contribution is -0.169. The van der Waals surface area contributed by atoms with Gasteiger partial charge in [-0.15, -0.1) is 0 Å². The lowest BCUT2D eigenvalue weighted by Crippen LogP contribution is -2.61. The molecule has 84 heavy (non-hydrogen) atoms. The standard InChI is InChI=1S/C62H106N10O12/c1-24-40(10)51-54(74)63-41(11)55(75)70(20)48(33-36(2)3)53(73)64-46(35-44-28-30-45(83-23)31-29-44)58(78)66(16)32-26-25-27-47(59(79)67(17)43(13)57(77)72(51)22)69(19)60(80)49(34-37(4)5)71(21)56(76)42(12)68(18)61(81)52(39(8)9)84-62(82)50(38(6)7)65(14)15/h28-31,36-43,46-52H,24-27,32-35H2,1-23H3,(H,63,74)(H,64,73)/t40-,41-,42-,43+,46-,47-,48-,49-,50-,51-,52+/m0/s1. The normalized spacial score (nSPS) is 22.5. The van der Waals surface area contributed by atoms with Crippen molar-refractivity contribution in [2.75, 3.05) is 77.1 Å². The van der Waals surface area contributed by atoms with E-state index in [0.717, 1.165) is 5.56 Å². The van der Waals surface area contributed by atoms with Gasteiger partial charge in [-0.05, 0) is 114 Å². The Morgan fingerprint density at radius 3 is 1.75 bits per heavy atom. The van der Waals surface area contributed by atoms with Crippen LogP contribution in [0.25, 0.3) is 0 Å². The zero-order valence-corrected chi connectivity index (χ0v) is 55.1. The van der Waals surface area contributed by atoms with Gasteiger partial charge >= 0.3 is 5.97 Å². The summed E-state index contributed by atoms with van der Waals surface area (Å²) < 4.78 is 11.2. The number of nitrogens with one attached hydrogen (secondary N) is 2. The highest BCUT2D eigenvalue weighted by atomic mass is 16.6. The van der Waals surface area contributed by atoms with Crippen LogP contribution in [0.5, 0.6) is 5.75 Å². The van der Waals surface area contributed by atoms with Gasteiger partial charge in [-0.1, -0.05) is 87.8 Å². The molecule has 1 saturated heterocycles. The zero-order chi connectivity index (χ0) is 64.5. The highest BCUT2D eigenvalue weighted by molar-refractivity contribution is 5.98. The lowest BCUT2D eigenvalue weighted by Gasteiger charge is -2.40. The van der Waals surface area contributed by atoms with Crippen molar-refractivity contribution in [3.05, 3.63) is 29.8 Å². The van der Waals surface area contributed by atoms with Crippen LogP contribution in [-0.2, 0) is 59.1 Å². The van der Waals surface area contributed by atoms with Crippen LogP contribution in [0, 0.1) is 29.6 Å². The fourth-order valence-corrected chi connectivity index (χ4v) is 10.8. The van der Waals surface area contributed by atoms with Crippen molar-refractivity contribution in [3.8, 4) is 5.75 Å². The van der Waals surface area contributed by atoms with Gasteiger partial charge < -0.3 is 54.4 Å². The molecule has 2 rings (SSSR count). The Kier molecular flexibility index (Phi) is 29.3. The van der Waals surface area contributed by atoms with Crippen molar-refractivity contribution in [2.24, 2.45) is 29.6 Å². The molecule has 1 aromatic rings. The Bertz CT molecular complexity index is 2390. The first-order chi connectivity index (χ1) is 39.0. The highest BCUT2D eigenvalue weighted by Crippen LogP contribution is 2.25. The molecule has 9 amide bonds. The van der Waals surface area contributed by atoms with Crippen LogP contribution >= 0.6 is 0 Å². The Balaban J connectivity index is 2.77. The van der Waals surface area contributed by atoms with Crippen LogP contribution in [0.3, 0.4) is 0 Å². The highest BCUT2D eigenvalue weighted by Gasteiger charge is 2.43. The first kappa shape index (κ1) is 73.8. The van der Waals surface area contributed by atoms with Crippen LogP contribution in [0.1, 0.15) is 134 Å². The summed E-state index contributed by atoms with van der Waals surface area (Å²) in [7, 11) is 15.5. The summed E-state index contributed by atoms with van der Waals surface area (Å²) >= 11 is 0. The summed E-state index contributed by atoms with van der Waals surface area (Å²) in [6.07, 6.45) is 0.429. The van der Waals surface area contributed by atoms with E-state index in [1.807, 2.05) is 48.5 Å². The van der Waals surface area contributed by atoms with Crippen LogP contribution in [0.15, 0.2) is 24.3 Å². The van der Waals surface area contributed by atoms with E-state index in [1.165, 1.54) is 97.4 Å². The number of amides is 9. The quantitative estimate of drug-likeness (QED) is 0.175. The van der Waals surface area contributed by atoms with E-state index in [9.17, 15) is 38.4 Å². The summed E-state index contributed by atoms with van der Waals surface area (Å²) in [4.78, 5) is 156. The predicted molar refractivity (Wildman–Crippen MR) is 324 cm³/mol. The van der Waals surface area contributed by atoms with Gasteiger partial charge in [0.2, 0.25) is 47.3 Å². The lowest BCUT2D eigenvalue weighted by atomic mass is 9.95. The molecule has 0 radical (unpaired) electrons. The maximum absolute atomic E-state index is 15.2. The second-order valence-electron chi connectivity index (χ2n) is 25.0. The largest absolute Gasteiger partial charge is 0.497 e. The van der Waals surface area contributed by atoms with Gasteiger partial charge in [0, 0.05) is 62.3 Å². The summed E-state index contributed by atoms with van der Waals surface area (Å²) in [6, 6.07) is -2.54. The number of nitrogens with zero attached hydrogens (tertiary/aromatic N) is 8. The third kappa shape index (κ3) is 19.6. The molecule has 0 bridgehead atoms. The fourth-order valence-electron chi connectivity index (χ4n) is 10.8. The summed E-state index contributed by atoms with van der Waals surface area (Å²) in [6.45, 7) is 23.3. The fraction of sp³-hybridized carbons (Fsp3) is 0.742. The number of esters is 1. The molecule has 0 aromatic heterocycles. The number of hydrogen-bond acceptors (Lipinski definition) is 13. The van der Waals surface area contributed by atoms with Crippen molar-refractivity contribution < 1.29 is 57.4 Å². The molecule has 11 atom stereocenters. The number of ether oxygens (including phenoxy) is 2. The molecular formula is C62H106N10O12. The Morgan fingerprint density at radius 1 is 0.667 bits per heavy atom. The van der Waals surface area contributed by atoms with Crippen molar-refractivity contribution >= 4 is 59.1 Å². The number of methoxy groups -OCH3 is 1. The summed E-state index contributed by atoms with van der Waals surface area (Å²) in [5, 5.41) is 5.77. The van der Waals surface area contributed by atoms with Gasteiger partial charge in [0.05, 0.1) is 7.11 Å². The van der Waals surface area contributed by atoms with Crippen LogP contribution in [0.4, 0.5) is 0 Å². The van der Waals surface area contributed by atoms with E-state index in [2.05, 4.69) is 10.6 Å². The van der Waals surface area contributed by atoms with Crippen molar-refractivity contribution in [1.82, 2.24) is 49.8 Å². The first-order valence-corrected chi connectivity index (χ1v) is 29.9. The molecule has 476 valence electrons. The van der Waals surface area contributed by atoms with Crippen molar-refractivity contribution in [1.29, 1.82) is 0 Å². The average molecular weight is 1180 g/mol. The Morgan fingerprint density at radius 2 is 1.25 bits per heavy atom. The minimum absolute atomic E-state index is 0.0593. The van der Waals surface area contributed by atoms with E-state index < -0.39 is 131 Å². The molecule has 0 spiro atoms. The second kappa shape index (κ2) is 33.4. The Hall–Kier alpha value is -6.32. The van der Waals surface area contributed by atoms with E-state index >= 15 is 9.59 Å². The number of benzene rings is 1. The maximum Gasteiger partial charge on any atom is 0.324 e. The topological polar surface area (TPSA) is 239 Å². The number of likely N-dealkylation sites (N-methyl/N-ethyl adjacent to an activating group) is 8. The number of carbonyl (C=O) groups excluding carboxylic acids is 10. The number of hydrogen-bond donors (Lipinski definition) is 2. The molecule has 0 saturated carbocycles. The molecule has 0 aliphatic carbocycles. The van der Waals surface area contributed by atoms with Gasteiger partial charge in [-0.25, -0.2) is 0 Å². The van der Waals surface area contributed by atoms with E-state index in [4.69, 9.17) is 9.47 Å². The van der Waals surface area contributed by atoms with Crippen molar-refractivity contribution in [3.63, 3.8) is 0 Å². The SMILES string of the molecule is CC[C@H](C)[C@H]1C(=O)N[C@@H](C)C(=O)N(C)[C@@H](CC(C)C)C(=O)N[C@@H](Cc2ccc(OC)cc2)C(=O)N(C)CCCC[C@H](N(C)C(=O)[C@H](CC(C)C)N(C)C(=O)[C@H](C)N(C)C(=O)[C@H](OC(=O)[C@H](C(C)C)N(C)C)C(C)C)C(=O)N(C)[C@H](C)C(=O)N1C. The Labute approximate surface area is 502 Å². The van der Waals surface area contributed by atoms with Gasteiger partial charge in [0.15, 0.2) is 6.10 Å². The summed E-state index contributed by atoms with van der Waals surface area (Å²) in [5.74, 6) is -6.28. The molecule has 0 unspecified atom stereocenters. The smallest absolute Gasteiger partial charge is 0.324 e. The molecule has 22 nitrogen and oxygen atoms in total. The van der Waals surface area contributed by atoms with Crippen molar-refractivity contribution in [2.45, 2.75) is 195 Å². The van der Waals surface area contributed by atoms with E-state index in [1.54, 1.807) is 78.2 Å². The van der Waals surface area contributed by atoms with E-state index in [0.29, 0.717) is 18.6 Å². The first-order valence-electron chi connectivity index (χ1n) is 29.9. The minimum atomic E-state index is -1.21. The zero-order valence-electron chi connectivity index (χ0n) is 55.1. The van der Waals surface area contributed by atoms with Gasteiger partial charge in [0.1, 0.15) is 60.1 Å². The van der Waals surface area contributed by atoms with Gasteiger partial charge in [-0.2, -0.15) is 0 Å². The minimum Gasteiger partial charge on any atom is -0.497 e. The van der Waals surface area contributed by atoms with Crippen LogP contribution < -0.4 is 15.4 Å². The van der Waals surface area contributed by atoms with Gasteiger partial charge in [-0.3, -0.25) is 52.8 Å². The predicted octanol–water partition coefficient (Wildman–Crippen LogP) is 4.16. The molecule has 1 aromatic carbocycles. The van der Waals surface area contributed by atoms with Gasteiger partial charge in [0.25, 0.3) is 5.91 Å². The molecule has 2 N–H and O–H groups in total. The maximum atomic E-state index is 15.2. The monoisotopic (exact) mass is 1180 g/mol. The van der Waals surface area contributed by atoms with Crippen LogP contribution in [-0.4, -0.2) is 236 Å².